The van der Waals surface area contributed by atoms with Crippen LogP contribution in [-0.2, 0) is 9.53 Å². The van der Waals surface area contributed by atoms with Crippen LogP contribution in [0.1, 0.15) is 59.8 Å². The largest absolute Gasteiger partial charge is 0.463 e. The maximum atomic E-state index is 10.8. The van der Waals surface area contributed by atoms with Crippen LogP contribution in [0.5, 0.6) is 0 Å². The van der Waals surface area contributed by atoms with Crippen molar-refractivity contribution in [1.29, 1.82) is 0 Å². The minimum Gasteiger partial charge on any atom is -0.463 e. The van der Waals surface area contributed by atoms with E-state index in [1.807, 2.05) is 19.9 Å². The van der Waals surface area contributed by atoms with Gasteiger partial charge in [0.2, 0.25) is 0 Å². The topological polar surface area (TPSA) is 46.5 Å². The lowest BCUT2D eigenvalue weighted by molar-refractivity contribution is -0.145. The third-order valence-electron chi connectivity index (χ3n) is 4.05. The van der Waals surface area contributed by atoms with Crippen LogP contribution in [-0.4, -0.2) is 22.8 Å². The van der Waals surface area contributed by atoms with Gasteiger partial charge in [-0.05, 0) is 51.4 Å². The number of rotatable bonds is 6. The SMILES string of the molecule is CC(=O)OC(C)CCC[C@@H](C)[C@H]1C=C[C@@](C)(O)CC1. The van der Waals surface area contributed by atoms with Crippen LogP contribution in [0.2, 0.25) is 0 Å². The molecule has 19 heavy (non-hydrogen) atoms. The Hall–Kier alpha value is -0.830. The van der Waals surface area contributed by atoms with Crippen molar-refractivity contribution in [3.63, 3.8) is 0 Å². The summed E-state index contributed by atoms with van der Waals surface area (Å²) in [6, 6.07) is 0. The Balaban J connectivity index is 2.25. The molecule has 1 aliphatic rings. The summed E-state index contributed by atoms with van der Waals surface area (Å²) in [5.41, 5.74) is -0.611. The van der Waals surface area contributed by atoms with Crippen LogP contribution >= 0.6 is 0 Å². The molecule has 1 unspecified atom stereocenters. The minimum atomic E-state index is -0.611. The van der Waals surface area contributed by atoms with E-state index in [-0.39, 0.29) is 12.1 Å². The fourth-order valence-electron chi connectivity index (χ4n) is 2.73. The maximum absolute atomic E-state index is 10.8. The quantitative estimate of drug-likeness (QED) is 0.593. The molecule has 0 radical (unpaired) electrons. The summed E-state index contributed by atoms with van der Waals surface area (Å²) >= 11 is 0. The molecular formula is C16H28O3. The van der Waals surface area contributed by atoms with Gasteiger partial charge in [-0.1, -0.05) is 25.5 Å². The summed E-state index contributed by atoms with van der Waals surface area (Å²) in [4.78, 5) is 10.8. The van der Waals surface area contributed by atoms with Crippen molar-refractivity contribution in [2.45, 2.75) is 71.5 Å². The molecule has 0 aromatic heterocycles. The summed E-state index contributed by atoms with van der Waals surface area (Å²) in [7, 11) is 0. The van der Waals surface area contributed by atoms with Gasteiger partial charge in [0.05, 0.1) is 11.7 Å². The normalized spacial score (nSPS) is 29.8. The van der Waals surface area contributed by atoms with E-state index in [0.717, 1.165) is 32.1 Å². The van der Waals surface area contributed by atoms with Crippen LogP contribution in [0.15, 0.2) is 12.2 Å². The van der Waals surface area contributed by atoms with Gasteiger partial charge in [0.15, 0.2) is 0 Å². The van der Waals surface area contributed by atoms with Gasteiger partial charge in [-0.3, -0.25) is 4.79 Å². The molecule has 0 heterocycles. The highest BCUT2D eigenvalue weighted by molar-refractivity contribution is 5.66. The van der Waals surface area contributed by atoms with Gasteiger partial charge in [-0.25, -0.2) is 0 Å². The van der Waals surface area contributed by atoms with Crippen LogP contribution in [0.4, 0.5) is 0 Å². The molecule has 0 aromatic rings. The molecule has 4 atom stereocenters. The number of aliphatic hydroxyl groups is 1. The second-order valence-corrected chi connectivity index (χ2v) is 6.25. The number of allylic oxidation sites excluding steroid dienone is 1. The number of hydrogen-bond acceptors (Lipinski definition) is 3. The average molecular weight is 268 g/mol. The molecule has 3 nitrogen and oxygen atoms in total. The summed E-state index contributed by atoms with van der Waals surface area (Å²) in [6.45, 7) is 7.54. The number of esters is 1. The molecule has 0 spiro atoms. The second kappa shape index (κ2) is 7.09. The Bertz CT molecular complexity index is 320. The van der Waals surface area contributed by atoms with Crippen molar-refractivity contribution in [1.82, 2.24) is 0 Å². The number of hydrogen-bond donors (Lipinski definition) is 1. The summed E-state index contributed by atoms with van der Waals surface area (Å²) in [6.07, 6.45) is 9.19. The molecule has 1 N–H and O–H groups in total. The van der Waals surface area contributed by atoms with Crippen molar-refractivity contribution >= 4 is 5.97 Å². The van der Waals surface area contributed by atoms with E-state index in [0.29, 0.717) is 11.8 Å². The van der Waals surface area contributed by atoms with E-state index in [1.165, 1.54) is 6.92 Å². The van der Waals surface area contributed by atoms with Gasteiger partial charge in [0.25, 0.3) is 0 Å². The van der Waals surface area contributed by atoms with Crippen molar-refractivity contribution in [2.75, 3.05) is 0 Å². The Morgan fingerprint density at radius 2 is 2.16 bits per heavy atom. The minimum absolute atomic E-state index is 0.0207. The van der Waals surface area contributed by atoms with Gasteiger partial charge >= 0.3 is 5.97 Å². The van der Waals surface area contributed by atoms with Gasteiger partial charge in [0.1, 0.15) is 0 Å². The van der Waals surface area contributed by atoms with Crippen LogP contribution in [0, 0.1) is 11.8 Å². The summed E-state index contributed by atoms with van der Waals surface area (Å²) in [5, 5.41) is 9.87. The van der Waals surface area contributed by atoms with Gasteiger partial charge in [-0.15, -0.1) is 0 Å². The molecular weight excluding hydrogens is 240 g/mol. The molecule has 0 saturated carbocycles. The highest BCUT2D eigenvalue weighted by Crippen LogP contribution is 2.32. The highest BCUT2D eigenvalue weighted by Gasteiger charge is 2.26. The first-order valence-electron chi connectivity index (χ1n) is 7.39. The van der Waals surface area contributed by atoms with E-state index >= 15 is 0 Å². The first kappa shape index (κ1) is 16.2. The predicted molar refractivity (Wildman–Crippen MR) is 76.7 cm³/mol. The summed E-state index contributed by atoms with van der Waals surface area (Å²) < 4.78 is 5.12. The first-order chi connectivity index (χ1) is 8.80. The number of carbonyl (C=O) groups is 1. The first-order valence-corrected chi connectivity index (χ1v) is 7.39. The molecule has 0 aliphatic heterocycles. The monoisotopic (exact) mass is 268 g/mol. The standard InChI is InChI=1S/C16H28O3/c1-12(6-5-7-13(2)19-14(3)17)15-8-10-16(4,18)11-9-15/h8,10,12-13,15,18H,5-7,9,11H2,1-4H3/t12-,13?,15+,16-/m1/s1. The lowest BCUT2D eigenvalue weighted by Crippen LogP contribution is -2.27. The molecule has 0 bridgehead atoms. The lowest BCUT2D eigenvalue weighted by Gasteiger charge is -2.30. The molecule has 1 rings (SSSR count). The Morgan fingerprint density at radius 1 is 1.47 bits per heavy atom. The molecule has 1 aliphatic carbocycles. The van der Waals surface area contributed by atoms with Gasteiger partial charge in [-0.2, -0.15) is 0 Å². The molecule has 0 aromatic carbocycles. The van der Waals surface area contributed by atoms with Gasteiger partial charge in [0, 0.05) is 6.92 Å². The van der Waals surface area contributed by atoms with E-state index in [4.69, 9.17) is 4.74 Å². The zero-order valence-electron chi connectivity index (χ0n) is 12.7. The fraction of sp³-hybridized carbons (Fsp3) is 0.812. The molecule has 0 saturated heterocycles. The summed E-state index contributed by atoms with van der Waals surface area (Å²) in [5.74, 6) is 0.999. The molecule has 110 valence electrons. The zero-order chi connectivity index (χ0) is 14.5. The fourth-order valence-corrected chi connectivity index (χ4v) is 2.73. The lowest BCUT2D eigenvalue weighted by atomic mass is 9.78. The van der Waals surface area contributed by atoms with Crippen molar-refractivity contribution in [3.05, 3.63) is 12.2 Å². The molecule has 0 amide bonds. The van der Waals surface area contributed by atoms with E-state index < -0.39 is 5.60 Å². The third-order valence-corrected chi connectivity index (χ3v) is 4.05. The van der Waals surface area contributed by atoms with Crippen LogP contribution in [0.3, 0.4) is 0 Å². The Kier molecular flexibility index (Phi) is 6.05. The van der Waals surface area contributed by atoms with Crippen molar-refractivity contribution in [2.24, 2.45) is 11.8 Å². The number of carbonyl (C=O) groups excluding carboxylic acids is 1. The smallest absolute Gasteiger partial charge is 0.302 e. The Labute approximate surface area is 117 Å². The maximum Gasteiger partial charge on any atom is 0.302 e. The highest BCUT2D eigenvalue weighted by atomic mass is 16.5. The third kappa shape index (κ3) is 6.24. The van der Waals surface area contributed by atoms with Gasteiger partial charge < -0.3 is 9.84 Å². The second-order valence-electron chi connectivity index (χ2n) is 6.25. The zero-order valence-corrected chi connectivity index (χ0v) is 12.7. The van der Waals surface area contributed by atoms with Crippen LogP contribution < -0.4 is 0 Å². The van der Waals surface area contributed by atoms with Crippen molar-refractivity contribution < 1.29 is 14.6 Å². The molecule has 0 fully saturated rings. The van der Waals surface area contributed by atoms with E-state index in [1.54, 1.807) is 0 Å². The average Bonchev–Trinajstić information content (AvgIpc) is 2.27. The Morgan fingerprint density at radius 3 is 2.68 bits per heavy atom. The van der Waals surface area contributed by atoms with E-state index in [2.05, 4.69) is 13.0 Å². The predicted octanol–water partition coefficient (Wildman–Crippen LogP) is 3.46. The van der Waals surface area contributed by atoms with Crippen LogP contribution in [0.25, 0.3) is 0 Å². The number of ether oxygens (including phenoxy) is 1. The van der Waals surface area contributed by atoms with E-state index in [9.17, 15) is 9.90 Å². The molecule has 3 heteroatoms. The van der Waals surface area contributed by atoms with Crippen molar-refractivity contribution in [3.8, 4) is 0 Å².